The lowest BCUT2D eigenvalue weighted by Gasteiger charge is -2.39. The molecule has 1 N–H and O–H groups in total. The van der Waals surface area contributed by atoms with E-state index < -0.39 is 36.4 Å². The molecule has 38 heavy (non-hydrogen) atoms. The summed E-state index contributed by atoms with van der Waals surface area (Å²) in [6.45, 7) is 16.5. The third-order valence-electron chi connectivity index (χ3n) is 7.50. The van der Waals surface area contributed by atoms with E-state index in [1.807, 2.05) is 6.92 Å². The number of nitrogens with one attached hydrogen (secondary N) is 1. The summed E-state index contributed by atoms with van der Waals surface area (Å²) in [6.07, 6.45) is 1.07. The van der Waals surface area contributed by atoms with Gasteiger partial charge in [-0.3, -0.25) is 13.8 Å². The van der Waals surface area contributed by atoms with Gasteiger partial charge in [0.25, 0.3) is 0 Å². The zero-order chi connectivity index (χ0) is 29.0. The topological polar surface area (TPSA) is 85.5 Å². The van der Waals surface area contributed by atoms with E-state index in [0.717, 1.165) is 28.1 Å². The van der Waals surface area contributed by atoms with Gasteiger partial charge in [-0.05, 0) is 60.7 Å². The monoisotopic (exact) mass is 565 g/mol. The Balaban J connectivity index is 2.46. The summed E-state index contributed by atoms with van der Waals surface area (Å²) in [5.41, 5.74) is 4.52. The third-order valence-corrected chi connectivity index (χ3v) is 13.3. The maximum absolute atomic E-state index is 13.7. The van der Waals surface area contributed by atoms with Crippen LogP contribution in [0.15, 0.2) is 24.3 Å². The van der Waals surface area contributed by atoms with Gasteiger partial charge in [-0.2, -0.15) is 0 Å². The van der Waals surface area contributed by atoms with Crippen molar-refractivity contribution in [3.8, 4) is 11.1 Å². The molecule has 3 atom stereocenters. The Hall–Kier alpha value is -2.10. The minimum Gasteiger partial charge on any atom is -0.469 e. The lowest BCUT2D eigenvalue weighted by molar-refractivity contribution is -0.142. The number of hydrogen-bond acceptors (Lipinski definition) is 5. The fraction of sp³-hybridized carbons (Fsp3) is 0.586. The molecule has 212 valence electrons. The summed E-state index contributed by atoms with van der Waals surface area (Å²) < 4.78 is 38.0. The van der Waals surface area contributed by atoms with Gasteiger partial charge in [0, 0.05) is 40.4 Å². The Labute approximate surface area is 230 Å². The first-order chi connectivity index (χ1) is 17.5. The number of methoxy groups -OCH3 is 1. The number of aromatic nitrogens is 1. The molecule has 2 aromatic rings. The minimum absolute atomic E-state index is 0.0296. The molecule has 0 aliphatic carbocycles. The maximum atomic E-state index is 13.7. The molecule has 0 fully saturated rings. The lowest BCUT2D eigenvalue weighted by atomic mass is 9.92. The molecule has 0 amide bonds. The first kappa shape index (κ1) is 32.1. The van der Waals surface area contributed by atoms with E-state index >= 15 is 0 Å². The number of Topliss-reactive ketones (excluding diaryl/α,β-unsaturated/α-hetero) is 1. The highest BCUT2D eigenvalue weighted by molar-refractivity contribution is 7.85. The van der Waals surface area contributed by atoms with Crippen LogP contribution in [0.5, 0.6) is 0 Å². The summed E-state index contributed by atoms with van der Waals surface area (Å²) in [5.74, 6) is -0.851. The molecular formula is C29H44FNO5SSi. The van der Waals surface area contributed by atoms with Crippen molar-refractivity contribution in [2.45, 2.75) is 96.2 Å². The lowest BCUT2D eigenvalue weighted by Crippen LogP contribution is -2.45. The SMILES string of the molecule is COC(=O)C[C@@H](CC(=O)C(Cc1c(C(C)C)[nH]c(C)c1-c1ccc(F)cc1)S(C)=O)O[Si](C)(C)C(C)(C)C. The van der Waals surface area contributed by atoms with E-state index in [1.165, 1.54) is 19.2 Å². The summed E-state index contributed by atoms with van der Waals surface area (Å²) >= 11 is 0. The van der Waals surface area contributed by atoms with Crippen LogP contribution in [0, 0.1) is 12.7 Å². The van der Waals surface area contributed by atoms with Crippen LogP contribution in [-0.4, -0.2) is 54.0 Å². The summed E-state index contributed by atoms with van der Waals surface area (Å²) in [7, 11) is -2.45. The van der Waals surface area contributed by atoms with Crippen molar-refractivity contribution < 1.29 is 27.4 Å². The van der Waals surface area contributed by atoms with Crippen LogP contribution in [0.3, 0.4) is 0 Å². The Morgan fingerprint density at radius 1 is 1.11 bits per heavy atom. The second-order valence-corrected chi connectivity index (χ2v) is 18.1. The normalized spacial score (nSPS) is 14.8. The Morgan fingerprint density at radius 3 is 2.16 bits per heavy atom. The number of aromatic amines is 1. The molecule has 2 unspecified atom stereocenters. The summed E-state index contributed by atoms with van der Waals surface area (Å²) in [6, 6.07) is 6.27. The van der Waals surface area contributed by atoms with Crippen molar-refractivity contribution in [3.63, 3.8) is 0 Å². The Bertz CT molecular complexity index is 1150. The quantitative estimate of drug-likeness (QED) is 0.236. The van der Waals surface area contributed by atoms with E-state index in [0.29, 0.717) is 0 Å². The molecule has 1 aromatic carbocycles. The van der Waals surface area contributed by atoms with Gasteiger partial charge in [-0.15, -0.1) is 0 Å². The molecule has 0 bridgehead atoms. The second-order valence-electron chi connectivity index (χ2n) is 11.8. The van der Waals surface area contributed by atoms with Crippen molar-refractivity contribution in [1.29, 1.82) is 0 Å². The molecule has 6 nitrogen and oxygen atoms in total. The number of hydrogen-bond donors (Lipinski definition) is 1. The standard InChI is InChI=1S/C29H44FNO5SSi/c1-18(2)28-23(27(19(3)31-28)20-11-13-21(30)14-12-20)17-25(37(8)34)24(32)15-22(16-26(33)35-7)36-38(9,10)29(4,5)6/h11-14,18,22,25,31H,15-17H2,1-10H3/t22-,25?,37?/m1/s1. The molecular weight excluding hydrogens is 521 g/mol. The predicted molar refractivity (Wildman–Crippen MR) is 155 cm³/mol. The van der Waals surface area contributed by atoms with Gasteiger partial charge in [0.15, 0.2) is 14.1 Å². The largest absolute Gasteiger partial charge is 0.469 e. The van der Waals surface area contributed by atoms with Gasteiger partial charge in [0.1, 0.15) is 5.82 Å². The Morgan fingerprint density at radius 2 is 1.68 bits per heavy atom. The van der Waals surface area contributed by atoms with Gasteiger partial charge in [-0.25, -0.2) is 4.39 Å². The molecule has 9 heteroatoms. The molecule has 1 heterocycles. The first-order valence-electron chi connectivity index (χ1n) is 13.0. The fourth-order valence-corrected chi connectivity index (χ4v) is 6.61. The molecule has 2 rings (SSSR count). The predicted octanol–water partition coefficient (Wildman–Crippen LogP) is 6.45. The zero-order valence-corrected chi connectivity index (χ0v) is 26.3. The van der Waals surface area contributed by atoms with Crippen LogP contribution in [-0.2, 0) is 36.0 Å². The highest BCUT2D eigenvalue weighted by Gasteiger charge is 2.41. The first-order valence-corrected chi connectivity index (χ1v) is 17.6. The Kier molecular flexibility index (Phi) is 10.8. The number of esters is 1. The van der Waals surface area contributed by atoms with Crippen molar-refractivity contribution in [2.24, 2.45) is 0 Å². The number of carbonyl (C=O) groups is 2. The zero-order valence-electron chi connectivity index (χ0n) is 24.5. The summed E-state index contributed by atoms with van der Waals surface area (Å²) in [5, 5.41) is -0.902. The van der Waals surface area contributed by atoms with Crippen LogP contribution in [0.25, 0.3) is 11.1 Å². The van der Waals surface area contributed by atoms with Crippen molar-refractivity contribution in [2.75, 3.05) is 13.4 Å². The van der Waals surface area contributed by atoms with Gasteiger partial charge >= 0.3 is 5.97 Å². The van der Waals surface area contributed by atoms with E-state index in [9.17, 15) is 18.2 Å². The van der Waals surface area contributed by atoms with Crippen molar-refractivity contribution in [1.82, 2.24) is 4.98 Å². The van der Waals surface area contributed by atoms with E-state index in [-0.39, 0.29) is 41.8 Å². The molecule has 0 radical (unpaired) electrons. The average Bonchev–Trinajstić information content (AvgIpc) is 3.12. The highest BCUT2D eigenvalue weighted by atomic mass is 32.2. The van der Waals surface area contributed by atoms with Crippen LogP contribution in [0.4, 0.5) is 4.39 Å². The maximum Gasteiger partial charge on any atom is 0.308 e. The van der Waals surface area contributed by atoms with E-state index in [2.05, 4.69) is 52.7 Å². The number of ketones is 1. The smallest absolute Gasteiger partial charge is 0.308 e. The molecule has 0 aliphatic rings. The highest BCUT2D eigenvalue weighted by Crippen LogP contribution is 2.39. The fourth-order valence-electron chi connectivity index (χ4n) is 4.39. The average molecular weight is 566 g/mol. The number of ether oxygens (including phenoxy) is 1. The molecule has 0 saturated heterocycles. The van der Waals surface area contributed by atoms with Crippen molar-refractivity contribution >= 4 is 30.9 Å². The van der Waals surface area contributed by atoms with Crippen LogP contribution in [0.1, 0.15) is 70.3 Å². The molecule has 0 saturated carbocycles. The number of H-pyrrole nitrogens is 1. The van der Waals surface area contributed by atoms with Gasteiger partial charge in [0.05, 0.1) is 24.9 Å². The summed E-state index contributed by atoms with van der Waals surface area (Å²) in [4.78, 5) is 29.4. The van der Waals surface area contributed by atoms with E-state index in [4.69, 9.17) is 9.16 Å². The van der Waals surface area contributed by atoms with Crippen LogP contribution >= 0.6 is 0 Å². The minimum atomic E-state index is -2.30. The van der Waals surface area contributed by atoms with Gasteiger partial charge in [0.2, 0.25) is 0 Å². The van der Waals surface area contributed by atoms with Crippen LogP contribution in [0.2, 0.25) is 18.1 Å². The van der Waals surface area contributed by atoms with Gasteiger partial charge < -0.3 is 14.1 Å². The number of aryl methyl sites for hydroxylation is 1. The van der Waals surface area contributed by atoms with Crippen molar-refractivity contribution in [3.05, 3.63) is 47.0 Å². The number of halogens is 1. The third kappa shape index (κ3) is 7.96. The van der Waals surface area contributed by atoms with Gasteiger partial charge in [-0.1, -0.05) is 46.8 Å². The molecule has 1 aromatic heterocycles. The number of rotatable bonds is 12. The second kappa shape index (κ2) is 12.8. The number of benzene rings is 1. The van der Waals surface area contributed by atoms with Crippen LogP contribution < -0.4 is 0 Å². The molecule has 0 aliphatic heterocycles. The molecule has 0 spiro atoms. The number of carbonyl (C=O) groups excluding carboxylic acids is 2. The van der Waals surface area contributed by atoms with E-state index in [1.54, 1.807) is 18.4 Å².